The van der Waals surface area contributed by atoms with Crippen molar-refractivity contribution in [2.75, 3.05) is 6.54 Å². The molecule has 5 nitrogen and oxygen atoms in total. The van der Waals surface area contributed by atoms with Crippen LogP contribution in [-0.2, 0) is 6.42 Å². The highest BCUT2D eigenvalue weighted by Gasteiger charge is 2.33. The Labute approximate surface area is 151 Å². The predicted octanol–water partition coefficient (Wildman–Crippen LogP) is 3.54. The van der Waals surface area contributed by atoms with E-state index < -0.39 is 6.09 Å². The van der Waals surface area contributed by atoms with Gasteiger partial charge in [-0.3, -0.25) is 9.59 Å². The lowest BCUT2D eigenvalue weighted by Crippen LogP contribution is -2.44. The number of likely N-dealkylation sites (tertiary alicyclic amines) is 1. The SMILES string of the molecule is O=C1c2ccccc2C(=O)c2c(CC3CCCCN3C(=O)O)cccc21. The number of benzene rings is 2. The molecule has 1 N–H and O–H groups in total. The normalized spacial score (nSPS) is 19.1. The van der Waals surface area contributed by atoms with Gasteiger partial charge in [-0.1, -0.05) is 42.5 Å². The number of piperidine rings is 1. The summed E-state index contributed by atoms with van der Waals surface area (Å²) in [5, 5.41) is 9.45. The van der Waals surface area contributed by atoms with Crippen molar-refractivity contribution < 1.29 is 19.5 Å². The summed E-state index contributed by atoms with van der Waals surface area (Å²) < 4.78 is 0. The Hall–Kier alpha value is -2.95. The molecule has 2 aliphatic rings. The highest BCUT2D eigenvalue weighted by Crippen LogP contribution is 2.31. The fourth-order valence-corrected chi connectivity index (χ4v) is 4.10. The lowest BCUT2D eigenvalue weighted by molar-refractivity contribution is 0.0974. The van der Waals surface area contributed by atoms with E-state index in [9.17, 15) is 19.5 Å². The average molecular weight is 349 g/mol. The Morgan fingerprint density at radius 2 is 1.65 bits per heavy atom. The van der Waals surface area contributed by atoms with Crippen molar-refractivity contribution in [2.24, 2.45) is 0 Å². The molecule has 0 spiro atoms. The largest absolute Gasteiger partial charge is 0.465 e. The summed E-state index contributed by atoms with van der Waals surface area (Å²) in [7, 11) is 0. The zero-order valence-electron chi connectivity index (χ0n) is 14.3. The number of rotatable bonds is 2. The fourth-order valence-electron chi connectivity index (χ4n) is 4.10. The zero-order valence-corrected chi connectivity index (χ0v) is 14.3. The topological polar surface area (TPSA) is 74.7 Å². The summed E-state index contributed by atoms with van der Waals surface area (Å²) in [6, 6.07) is 12.0. The van der Waals surface area contributed by atoms with Crippen molar-refractivity contribution in [2.45, 2.75) is 31.7 Å². The molecule has 1 atom stereocenters. The van der Waals surface area contributed by atoms with Crippen LogP contribution in [0.2, 0.25) is 0 Å². The van der Waals surface area contributed by atoms with Crippen LogP contribution in [0, 0.1) is 0 Å². The minimum Gasteiger partial charge on any atom is -0.465 e. The van der Waals surface area contributed by atoms with Crippen molar-refractivity contribution in [3.8, 4) is 0 Å². The van der Waals surface area contributed by atoms with Crippen LogP contribution >= 0.6 is 0 Å². The molecule has 0 saturated carbocycles. The van der Waals surface area contributed by atoms with Gasteiger partial charge in [0.2, 0.25) is 0 Å². The second kappa shape index (κ2) is 6.41. The van der Waals surface area contributed by atoms with Crippen molar-refractivity contribution in [1.29, 1.82) is 0 Å². The summed E-state index contributed by atoms with van der Waals surface area (Å²) in [6.07, 6.45) is 2.14. The zero-order chi connectivity index (χ0) is 18.3. The molecule has 4 rings (SSSR count). The van der Waals surface area contributed by atoms with Gasteiger partial charge in [-0.05, 0) is 31.2 Å². The van der Waals surface area contributed by atoms with E-state index in [1.54, 1.807) is 36.4 Å². The lowest BCUT2D eigenvalue weighted by atomic mass is 9.80. The molecule has 5 heteroatoms. The molecule has 0 bridgehead atoms. The van der Waals surface area contributed by atoms with Crippen LogP contribution in [0.4, 0.5) is 4.79 Å². The van der Waals surface area contributed by atoms with Gasteiger partial charge in [-0.2, -0.15) is 0 Å². The molecule has 1 fully saturated rings. The first-order valence-electron chi connectivity index (χ1n) is 8.88. The number of carboxylic acid groups (broad SMARTS) is 1. The second-order valence-electron chi connectivity index (χ2n) is 6.87. The molecular weight excluding hydrogens is 330 g/mol. The molecule has 1 aliphatic carbocycles. The smallest absolute Gasteiger partial charge is 0.407 e. The predicted molar refractivity (Wildman–Crippen MR) is 95.8 cm³/mol. The third-order valence-electron chi connectivity index (χ3n) is 5.37. The van der Waals surface area contributed by atoms with Crippen LogP contribution in [0.15, 0.2) is 42.5 Å². The lowest BCUT2D eigenvalue weighted by Gasteiger charge is -2.34. The molecular formula is C21H19NO4. The van der Waals surface area contributed by atoms with E-state index in [2.05, 4.69) is 0 Å². The summed E-state index contributed by atoms with van der Waals surface area (Å²) in [4.78, 5) is 38.9. The molecule has 1 aliphatic heterocycles. The van der Waals surface area contributed by atoms with Gasteiger partial charge in [-0.15, -0.1) is 0 Å². The molecule has 132 valence electrons. The maximum Gasteiger partial charge on any atom is 0.407 e. The number of carbonyl (C=O) groups is 3. The highest BCUT2D eigenvalue weighted by molar-refractivity contribution is 6.28. The van der Waals surface area contributed by atoms with Gasteiger partial charge >= 0.3 is 6.09 Å². The average Bonchev–Trinajstić information content (AvgIpc) is 2.66. The molecule has 1 amide bonds. The van der Waals surface area contributed by atoms with E-state index in [0.717, 1.165) is 24.8 Å². The Kier molecular flexibility index (Phi) is 4.07. The van der Waals surface area contributed by atoms with Gasteiger partial charge in [0, 0.05) is 34.8 Å². The minimum atomic E-state index is -0.924. The fraction of sp³-hybridized carbons (Fsp3) is 0.286. The number of fused-ring (bicyclic) bond motifs is 2. The Bertz CT molecular complexity index is 918. The third-order valence-corrected chi connectivity index (χ3v) is 5.37. The van der Waals surface area contributed by atoms with Gasteiger partial charge < -0.3 is 10.0 Å². The van der Waals surface area contributed by atoms with Crippen LogP contribution in [-0.4, -0.2) is 40.3 Å². The number of amides is 1. The summed E-state index contributed by atoms with van der Waals surface area (Å²) in [5.41, 5.74) is 2.48. The maximum atomic E-state index is 13.0. The van der Waals surface area contributed by atoms with E-state index in [4.69, 9.17) is 0 Å². The number of nitrogens with zero attached hydrogens (tertiary/aromatic N) is 1. The van der Waals surface area contributed by atoms with Crippen LogP contribution in [0.25, 0.3) is 0 Å². The van der Waals surface area contributed by atoms with E-state index in [0.29, 0.717) is 35.2 Å². The van der Waals surface area contributed by atoms with Gasteiger partial charge in [0.05, 0.1) is 0 Å². The van der Waals surface area contributed by atoms with Crippen LogP contribution in [0.5, 0.6) is 0 Å². The summed E-state index contributed by atoms with van der Waals surface area (Å²) in [6.45, 7) is 0.519. The standard InChI is InChI=1S/C21H19NO4/c23-19-15-8-1-2-9-16(15)20(24)18-13(6-5-10-17(18)19)12-14-7-3-4-11-22(14)21(25)26/h1-2,5-6,8-10,14H,3-4,7,11-12H2,(H,25,26). The molecule has 26 heavy (non-hydrogen) atoms. The molecule has 2 aromatic carbocycles. The molecule has 1 saturated heterocycles. The number of carbonyl (C=O) groups excluding carboxylic acids is 2. The van der Waals surface area contributed by atoms with Gasteiger partial charge in [0.25, 0.3) is 0 Å². The van der Waals surface area contributed by atoms with E-state index in [1.807, 2.05) is 6.07 Å². The molecule has 0 aromatic heterocycles. The van der Waals surface area contributed by atoms with E-state index in [1.165, 1.54) is 4.90 Å². The quantitative estimate of drug-likeness (QED) is 0.768. The van der Waals surface area contributed by atoms with Crippen LogP contribution in [0.3, 0.4) is 0 Å². The maximum absolute atomic E-state index is 13.0. The Balaban J connectivity index is 1.75. The van der Waals surface area contributed by atoms with Crippen molar-refractivity contribution >= 4 is 17.7 Å². The summed E-state index contributed by atoms with van der Waals surface area (Å²) in [5.74, 6) is -0.292. The van der Waals surface area contributed by atoms with Crippen molar-refractivity contribution in [3.05, 3.63) is 70.3 Å². The first-order valence-corrected chi connectivity index (χ1v) is 8.88. The number of hydrogen-bond donors (Lipinski definition) is 1. The first-order chi connectivity index (χ1) is 12.6. The molecule has 2 aromatic rings. The number of hydrogen-bond acceptors (Lipinski definition) is 3. The highest BCUT2D eigenvalue weighted by atomic mass is 16.4. The number of ketones is 2. The minimum absolute atomic E-state index is 0.143. The Morgan fingerprint density at radius 3 is 2.38 bits per heavy atom. The first kappa shape index (κ1) is 16.5. The van der Waals surface area contributed by atoms with Gasteiger partial charge in [0.1, 0.15) is 0 Å². The van der Waals surface area contributed by atoms with Gasteiger partial charge in [-0.25, -0.2) is 4.79 Å². The third kappa shape index (κ3) is 2.60. The van der Waals surface area contributed by atoms with Gasteiger partial charge in [0.15, 0.2) is 11.6 Å². The van der Waals surface area contributed by atoms with Crippen LogP contribution in [0.1, 0.15) is 56.7 Å². The summed E-state index contributed by atoms with van der Waals surface area (Å²) >= 11 is 0. The molecule has 0 radical (unpaired) electrons. The van der Waals surface area contributed by atoms with Crippen molar-refractivity contribution in [3.63, 3.8) is 0 Å². The van der Waals surface area contributed by atoms with Crippen LogP contribution < -0.4 is 0 Å². The second-order valence-corrected chi connectivity index (χ2v) is 6.87. The molecule has 1 unspecified atom stereocenters. The van der Waals surface area contributed by atoms with E-state index in [-0.39, 0.29) is 17.6 Å². The monoisotopic (exact) mass is 349 g/mol. The van der Waals surface area contributed by atoms with E-state index >= 15 is 0 Å². The Morgan fingerprint density at radius 1 is 0.962 bits per heavy atom. The molecule has 1 heterocycles. The van der Waals surface area contributed by atoms with Crippen molar-refractivity contribution in [1.82, 2.24) is 4.90 Å².